The molecule has 98 valence electrons. The largest absolute Gasteiger partial charge is 0.496 e. The van der Waals surface area contributed by atoms with E-state index >= 15 is 0 Å². The number of carboxylic acid groups (broad SMARTS) is 1. The Bertz CT molecular complexity index is 484. The molecule has 1 rings (SSSR count). The Balaban J connectivity index is 3.29. The van der Waals surface area contributed by atoms with Gasteiger partial charge in [-0.3, -0.25) is 9.59 Å². The Morgan fingerprint density at radius 2 is 1.89 bits per heavy atom. The molecular formula is C12H15NO5. The number of nitrogens with two attached hydrogens (primary N) is 1. The van der Waals surface area contributed by atoms with Crippen molar-refractivity contribution < 1.29 is 24.2 Å². The van der Waals surface area contributed by atoms with Gasteiger partial charge in [-0.2, -0.15) is 0 Å². The van der Waals surface area contributed by atoms with Crippen molar-refractivity contribution in [3.8, 4) is 11.5 Å². The molecule has 0 saturated heterocycles. The van der Waals surface area contributed by atoms with Crippen LogP contribution in [0.1, 0.15) is 15.9 Å². The minimum atomic E-state index is -1.60. The predicted octanol–water partition coefficient (Wildman–Crippen LogP) is 0.607. The van der Waals surface area contributed by atoms with Crippen LogP contribution in [0.3, 0.4) is 0 Å². The number of carboxylic acids is 1. The topological polar surface area (TPSA) is 98.9 Å². The molecule has 18 heavy (non-hydrogen) atoms. The van der Waals surface area contributed by atoms with E-state index in [1.54, 1.807) is 13.0 Å². The minimum absolute atomic E-state index is 0.130. The number of aliphatic carboxylic acids is 1. The van der Waals surface area contributed by atoms with E-state index in [2.05, 4.69) is 0 Å². The van der Waals surface area contributed by atoms with E-state index in [0.29, 0.717) is 11.3 Å². The Labute approximate surface area is 104 Å². The summed E-state index contributed by atoms with van der Waals surface area (Å²) in [5.74, 6) is -1.26. The number of benzene rings is 1. The van der Waals surface area contributed by atoms with Crippen molar-refractivity contribution in [2.24, 2.45) is 5.73 Å². The van der Waals surface area contributed by atoms with Gasteiger partial charge in [-0.15, -0.1) is 0 Å². The summed E-state index contributed by atoms with van der Waals surface area (Å²) in [6.07, 6.45) is 0. The van der Waals surface area contributed by atoms with Gasteiger partial charge in [0.05, 0.1) is 19.8 Å². The molecule has 1 aromatic rings. The van der Waals surface area contributed by atoms with E-state index in [-0.39, 0.29) is 11.3 Å². The maximum Gasteiger partial charge on any atom is 0.328 e. The lowest BCUT2D eigenvalue weighted by atomic mass is 10.0. The molecular weight excluding hydrogens is 238 g/mol. The Hall–Kier alpha value is -2.08. The van der Waals surface area contributed by atoms with Crippen LogP contribution in [0.25, 0.3) is 0 Å². The maximum atomic E-state index is 11.9. The summed E-state index contributed by atoms with van der Waals surface area (Å²) in [6.45, 7) is 1.71. The van der Waals surface area contributed by atoms with E-state index in [4.69, 9.17) is 20.3 Å². The summed E-state index contributed by atoms with van der Waals surface area (Å²) in [7, 11) is 2.89. The van der Waals surface area contributed by atoms with Gasteiger partial charge in [0.15, 0.2) is 11.8 Å². The van der Waals surface area contributed by atoms with Crippen molar-refractivity contribution >= 4 is 11.8 Å². The fourth-order valence-corrected chi connectivity index (χ4v) is 1.63. The molecule has 0 aliphatic heterocycles. The van der Waals surface area contributed by atoms with Gasteiger partial charge in [-0.25, -0.2) is 0 Å². The molecule has 1 unspecified atom stereocenters. The third-order valence-electron chi connectivity index (χ3n) is 2.59. The van der Waals surface area contributed by atoms with E-state index < -0.39 is 17.8 Å². The fraction of sp³-hybridized carbons (Fsp3) is 0.333. The first kappa shape index (κ1) is 14.0. The van der Waals surface area contributed by atoms with Gasteiger partial charge < -0.3 is 20.3 Å². The molecule has 0 aromatic heterocycles. The van der Waals surface area contributed by atoms with Crippen LogP contribution in [-0.2, 0) is 4.79 Å². The van der Waals surface area contributed by atoms with Crippen LogP contribution in [0.5, 0.6) is 11.5 Å². The molecule has 0 aliphatic carbocycles. The third kappa shape index (κ3) is 2.43. The predicted molar refractivity (Wildman–Crippen MR) is 64.2 cm³/mol. The average molecular weight is 253 g/mol. The zero-order valence-electron chi connectivity index (χ0n) is 10.4. The summed E-state index contributed by atoms with van der Waals surface area (Å²) < 4.78 is 10.2. The van der Waals surface area contributed by atoms with Crippen LogP contribution in [0.2, 0.25) is 0 Å². The normalized spacial score (nSPS) is 11.8. The molecule has 0 saturated carbocycles. The van der Waals surface area contributed by atoms with Gasteiger partial charge >= 0.3 is 5.97 Å². The van der Waals surface area contributed by atoms with E-state index in [9.17, 15) is 9.59 Å². The van der Waals surface area contributed by atoms with Gasteiger partial charge in [0.2, 0.25) is 0 Å². The van der Waals surface area contributed by atoms with Crippen LogP contribution in [0.15, 0.2) is 12.1 Å². The molecule has 0 spiro atoms. The molecule has 6 heteroatoms. The summed E-state index contributed by atoms with van der Waals surface area (Å²) in [5.41, 5.74) is 6.04. The van der Waals surface area contributed by atoms with Gasteiger partial charge in [0.1, 0.15) is 11.5 Å². The first-order valence-corrected chi connectivity index (χ1v) is 5.18. The van der Waals surface area contributed by atoms with E-state index in [1.165, 1.54) is 20.3 Å². The van der Waals surface area contributed by atoms with Crippen LogP contribution in [0.4, 0.5) is 0 Å². The lowest BCUT2D eigenvalue weighted by molar-refractivity contribution is -0.137. The van der Waals surface area contributed by atoms with Crippen molar-refractivity contribution in [3.05, 3.63) is 23.3 Å². The SMILES string of the molecule is COc1ccc(C(=O)C(N)C(=O)O)c(OC)c1C. The highest BCUT2D eigenvalue weighted by Crippen LogP contribution is 2.31. The molecule has 0 amide bonds. The second-order valence-electron chi connectivity index (χ2n) is 3.65. The standard InChI is InChI=1S/C12H15NO5/c1-6-8(17-2)5-4-7(11(6)18-3)10(14)9(13)12(15)16/h4-5,9H,13H2,1-3H3,(H,15,16). The number of Topliss-reactive ketones (excluding diaryl/α,β-unsaturated/α-hetero) is 1. The second-order valence-corrected chi connectivity index (χ2v) is 3.65. The fourth-order valence-electron chi connectivity index (χ4n) is 1.63. The van der Waals surface area contributed by atoms with Crippen molar-refractivity contribution in [3.63, 3.8) is 0 Å². The highest BCUT2D eigenvalue weighted by molar-refractivity contribution is 6.13. The third-order valence-corrected chi connectivity index (χ3v) is 2.59. The maximum absolute atomic E-state index is 11.9. The van der Waals surface area contributed by atoms with Gasteiger partial charge in [-0.05, 0) is 19.1 Å². The number of hydrogen-bond acceptors (Lipinski definition) is 5. The zero-order valence-corrected chi connectivity index (χ0v) is 10.4. The second kappa shape index (κ2) is 5.50. The van der Waals surface area contributed by atoms with Crippen LogP contribution in [0, 0.1) is 6.92 Å². The molecule has 0 fully saturated rings. The highest BCUT2D eigenvalue weighted by Gasteiger charge is 2.26. The zero-order chi connectivity index (χ0) is 13.9. The number of hydrogen-bond donors (Lipinski definition) is 2. The lowest BCUT2D eigenvalue weighted by Gasteiger charge is -2.14. The molecule has 1 aromatic carbocycles. The summed E-state index contributed by atoms with van der Waals surface area (Å²) in [5, 5.41) is 8.74. The van der Waals surface area contributed by atoms with Crippen LogP contribution < -0.4 is 15.2 Å². The van der Waals surface area contributed by atoms with Crippen molar-refractivity contribution in [2.45, 2.75) is 13.0 Å². The number of carbonyl (C=O) groups is 2. The number of ether oxygens (including phenoxy) is 2. The van der Waals surface area contributed by atoms with Crippen LogP contribution in [-0.4, -0.2) is 37.1 Å². The van der Waals surface area contributed by atoms with Crippen molar-refractivity contribution in [2.75, 3.05) is 14.2 Å². The molecule has 0 heterocycles. The Kier molecular flexibility index (Phi) is 4.28. The molecule has 1 atom stereocenters. The Morgan fingerprint density at radius 3 is 2.33 bits per heavy atom. The number of ketones is 1. The summed E-state index contributed by atoms with van der Waals surface area (Å²) in [6, 6.07) is 1.40. The minimum Gasteiger partial charge on any atom is -0.496 e. The molecule has 6 nitrogen and oxygen atoms in total. The quantitative estimate of drug-likeness (QED) is 0.589. The highest BCUT2D eigenvalue weighted by atomic mass is 16.5. The van der Waals surface area contributed by atoms with E-state index in [0.717, 1.165) is 0 Å². The summed E-state index contributed by atoms with van der Waals surface area (Å²) >= 11 is 0. The molecule has 0 bridgehead atoms. The Morgan fingerprint density at radius 1 is 1.28 bits per heavy atom. The number of rotatable bonds is 5. The van der Waals surface area contributed by atoms with Crippen molar-refractivity contribution in [1.82, 2.24) is 0 Å². The van der Waals surface area contributed by atoms with Crippen LogP contribution >= 0.6 is 0 Å². The van der Waals surface area contributed by atoms with Gasteiger partial charge in [0.25, 0.3) is 0 Å². The van der Waals surface area contributed by atoms with E-state index in [1.807, 2.05) is 0 Å². The number of methoxy groups -OCH3 is 2. The smallest absolute Gasteiger partial charge is 0.328 e. The molecule has 0 radical (unpaired) electrons. The van der Waals surface area contributed by atoms with Gasteiger partial charge in [-0.1, -0.05) is 0 Å². The molecule has 0 aliphatic rings. The average Bonchev–Trinajstić information content (AvgIpc) is 2.36. The van der Waals surface area contributed by atoms with Crippen molar-refractivity contribution in [1.29, 1.82) is 0 Å². The first-order valence-electron chi connectivity index (χ1n) is 5.18. The monoisotopic (exact) mass is 253 g/mol. The van der Waals surface area contributed by atoms with Gasteiger partial charge in [0, 0.05) is 5.56 Å². The summed E-state index contributed by atoms with van der Waals surface area (Å²) in [4.78, 5) is 22.6. The lowest BCUT2D eigenvalue weighted by Crippen LogP contribution is -2.38. The number of carbonyl (C=O) groups excluding carboxylic acids is 1. The molecule has 3 N–H and O–H groups in total. The first-order chi connectivity index (χ1) is 8.43.